The summed E-state index contributed by atoms with van der Waals surface area (Å²) in [4.78, 5) is 11.0. The number of rotatable bonds is 2. The summed E-state index contributed by atoms with van der Waals surface area (Å²) in [5, 5.41) is 4.10. The Morgan fingerprint density at radius 1 is 0.882 bits per heavy atom. The number of nitrogens with zero attached hydrogens (tertiary/aromatic N) is 2. The van der Waals surface area contributed by atoms with E-state index in [-0.39, 0.29) is 0 Å². The quantitative estimate of drug-likeness (QED) is 0.683. The maximum Gasteiger partial charge on any atom is 0.116 e. The lowest BCUT2D eigenvalue weighted by Crippen LogP contribution is -1.89. The lowest BCUT2D eigenvalue weighted by molar-refractivity contribution is 1.17. The van der Waals surface area contributed by atoms with E-state index in [0.29, 0.717) is 0 Å². The van der Waals surface area contributed by atoms with Crippen molar-refractivity contribution in [1.29, 1.82) is 0 Å². The fraction of sp³-hybridized carbons (Fsp3) is 0. The van der Waals surface area contributed by atoms with Crippen LogP contribution < -0.4 is 0 Å². The van der Waals surface area contributed by atoms with Crippen molar-refractivity contribution in [2.45, 2.75) is 0 Å². The first-order chi connectivity index (χ1) is 8.36. The molecule has 0 aliphatic rings. The summed E-state index contributed by atoms with van der Waals surface area (Å²) in [6, 6.07) is 8.19. The van der Waals surface area contributed by atoms with Crippen LogP contribution in [0.1, 0.15) is 0 Å². The largest absolute Gasteiger partial charge is 0.234 e. The van der Waals surface area contributed by atoms with Crippen LogP contribution in [0.15, 0.2) is 45.8 Å². The summed E-state index contributed by atoms with van der Waals surface area (Å²) < 4.78 is 0.963. The van der Waals surface area contributed by atoms with Crippen molar-refractivity contribution >= 4 is 38.6 Å². The van der Waals surface area contributed by atoms with Crippen LogP contribution in [0, 0.1) is 0 Å². The monoisotopic (exact) mass is 322 g/mol. The topological polar surface area (TPSA) is 25.8 Å². The minimum atomic E-state index is 0.957. The van der Waals surface area contributed by atoms with Crippen LogP contribution in [-0.2, 0) is 0 Å². The zero-order chi connectivity index (χ0) is 11.7. The minimum absolute atomic E-state index is 0.957. The van der Waals surface area contributed by atoms with Gasteiger partial charge in [-0.1, -0.05) is 12.1 Å². The van der Waals surface area contributed by atoms with E-state index in [1.165, 1.54) is 0 Å². The van der Waals surface area contributed by atoms with Crippen LogP contribution >= 0.6 is 38.6 Å². The molecule has 0 spiro atoms. The van der Waals surface area contributed by atoms with Gasteiger partial charge in [0.05, 0.1) is 25.6 Å². The van der Waals surface area contributed by atoms with Gasteiger partial charge < -0.3 is 0 Å². The molecule has 0 fully saturated rings. The molecule has 3 rings (SSSR count). The first-order valence-electron chi connectivity index (χ1n) is 4.94. The van der Waals surface area contributed by atoms with Gasteiger partial charge in [0, 0.05) is 0 Å². The predicted molar refractivity (Wildman–Crippen MR) is 76.4 cm³/mol. The van der Waals surface area contributed by atoms with Gasteiger partial charge in [-0.2, -0.15) is 0 Å². The standard InChI is InChI=1S/C12H7BrN2S2/c13-10-11(8-3-1-5-16-8)14-7-15-12(10)9-4-2-6-17-9/h1-7H. The zero-order valence-electron chi connectivity index (χ0n) is 8.63. The van der Waals surface area contributed by atoms with Gasteiger partial charge in [0.1, 0.15) is 6.33 Å². The van der Waals surface area contributed by atoms with Gasteiger partial charge >= 0.3 is 0 Å². The van der Waals surface area contributed by atoms with Crippen LogP contribution in [0.3, 0.4) is 0 Å². The Morgan fingerprint density at radius 2 is 1.41 bits per heavy atom. The maximum absolute atomic E-state index is 4.35. The van der Waals surface area contributed by atoms with E-state index in [2.05, 4.69) is 48.8 Å². The Balaban J connectivity index is 2.17. The number of aromatic nitrogens is 2. The fourth-order valence-corrected chi connectivity index (χ4v) is 3.89. The third kappa shape index (κ3) is 2.06. The Morgan fingerprint density at radius 3 is 1.82 bits per heavy atom. The zero-order valence-corrected chi connectivity index (χ0v) is 11.8. The van der Waals surface area contributed by atoms with E-state index in [9.17, 15) is 0 Å². The van der Waals surface area contributed by atoms with Gasteiger partial charge in [-0.15, -0.1) is 22.7 Å². The van der Waals surface area contributed by atoms with Crippen LogP contribution in [0.5, 0.6) is 0 Å². The second-order valence-corrected chi connectivity index (χ2v) is 6.03. The van der Waals surface area contributed by atoms with Crippen molar-refractivity contribution in [2.24, 2.45) is 0 Å². The molecule has 0 bridgehead atoms. The van der Waals surface area contributed by atoms with E-state index < -0.39 is 0 Å². The molecule has 0 atom stereocenters. The third-order valence-electron chi connectivity index (χ3n) is 2.30. The molecule has 17 heavy (non-hydrogen) atoms. The summed E-state index contributed by atoms with van der Waals surface area (Å²) in [5.41, 5.74) is 1.91. The highest BCUT2D eigenvalue weighted by atomic mass is 79.9. The molecular weight excluding hydrogens is 316 g/mol. The number of hydrogen-bond acceptors (Lipinski definition) is 4. The maximum atomic E-state index is 4.35. The molecule has 5 heteroatoms. The van der Waals surface area contributed by atoms with E-state index in [1.54, 1.807) is 29.0 Å². The summed E-state index contributed by atoms with van der Waals surface area (Å²) >= 11 is 6.97. The van der Waals surface area contributed by atoms with E-state index in [0.717, 1.165) is 25.6 Å². The molecule has 0 saturated heterocycles. The number of thiophene rings is 2. The predicted octanol–water partition coefficient (Wildman–Crippen LogP) is 4.70. The first kappa shape index (κ1) is 11.1. The molecule has 0 saturated carbocycles. The fourth-order valence-electron chi connectivity index (χ4n) is 1.54. The van der Waals surface area contributed by atoms with E-state index in [4.69, 9.17) is 0 Å². The minimum Gasteiger partial charge on any atom is -0.234 e. The molecule has 3 aromatic heterocycles. The lowest BCUT2D eigenvalue weighted by Gasteiger charge is -2.04. The summed E-state index contributed by atoms with van der Waals surface area (Å²) in [5.74, 6) is 0. The van der Waals surface area contributed by atoms with E-state index >= 15 is 0 Å². The molecule has 0 aliphatic carbocycles. The molecule has 0 amide bonds. The van der Waals surface area contributed by atoms with Gasteiger partial charge in [0.15, 0.2) is 0 Å². The van der Waals surface area contributed by atoms with Crippen molar-refractivity contribution in [1.82, 2.24) is 9.97 Å². The van der Waals surface area contributed by atoms with Crippen molar-refractivity contribution in [3.8, 4) is 21.1 Å². The van der Waals surface area contributed by atoms with Gasteiger partial charge in [-0.05, 0) is 38.8 Å². The van der Waals surface area contributed by atoms with Crippen LogP contribution in [0.4, 0.5) is 0 Å². The first-order valence-corrected chi connectivity index (χ1v) is 7.50. The van der Waals surface area contributed by atoms with Gasteiger partial charge in [-0.3, -0.25) is 0 Å². The molecule has 0 radical (unpaired) electrons. The normalized spacial score (nSPS) is 10.6. The highest BCUT2D eigenvalue weighted by molar-refractivity contribution is 9.10. The molecule has 2 nitrogen and oxygen atoms in total. The van der Waals surface area contributed by atoms with Crippen molar-refractivity contribution < 1.29 is 0 Å². The van der Waals surface area contributed by atoms with Gasteiger partial charge in [0.2, 0.25) is 0 Å². The third-order valence-corrected chi connectivity index (χ3v) is 4.80. The van der Waals surface area contributed by atoms with Crippen molar-refractivity contribution in [3.63, 3.8) is 0 Å². The molecule has 3 aromatic rings. The Labute approximate surface area is 115 Å². The molecule has 0 aliphatic heterocycles. The summed E-state index contributed by atoms with van der Waals surface area (Å²) in [6.07, 6.45) is 1.62. The second-order valence-electron chi connectivity index (χ2n) is 3.34. The van der Waals surface area contributed by atoms with Crippen LogP contribution in [-0.4, -0.2) is 9.97 Å². The summed E-state index contributed by atoms with van der Waals surface area (Å²) in [7, 11) is 0. The Bertz CT molecular complexity index is 566. The Kier molecular flexibility index (Phi) is 3.05. The summed E-state index contributed by atoms with van der Waals surface area (Å²) in [6.45, 7) is 0. The molecule has 0 aromatic carbocycles. The highest BCUT2D eigenvalue weighted by Crippen LogP contribution is 2.36. The van der Waals surface area contributed by atoms with Crippen LogP contribution in [0.25, 0.3) is 21.1 Å². The van der Waals surface area contributed by atoms with Gasteiger partial charge in [-0.25, -0.2) is 9.97 Å². The number of hydrogen-bond donors (Lipinski definition) is 0. The van der Waals surface area contributed by atoms with E-state index in [1.807, 2.05) is 12.1 Å². The SMILES string of the molecule is Brc1c(-c2cccs2)ncnc1-c1cccs1. The average molecular weight is 323 g/mol. The van der Waals surface area contributed by atoms with Crippen molar-refractivity contribution in [2.75, 3.05) is 0 Å². The lowest BCUT2D eigenvalue weighted by atomic mass is 10.2. The molecule has 84 valence electrons. The van der Waals surface area contributed by atoms with Crippen LogP contribution in [0.2, 0.25) is 0 Å². The molecule has 0 N–H and O–H groups in total. The van der Waals surface area contributed by atoms with Crippen molar-refractivity contribution in [3.05, 3.63) is 45.8 Å². The number of halogens is 1. The smallest absolute Gasteiger partial charge is 0.116 e. The van der Waals surface area contributed by atoms with Gasteiger partial charge in [0.25, 0.3) is 0 Å². The second kappa shape index (κ2) is 4.68. The Hall–Kier alpha value is -1.04. The molecular formula is C12H7BrN2S2. The molecule has 0 unspecified atom stereocenters. The molecule has 3 heterocycles. The highest BCUT2D eigenvalue weighted by Gasteiger charge is 2.13. The average Bonchev–Trinajstić information content (AvgIpc) is 3.02.